The fraction of sp³-hybridized carbons (Fsp3) is 0.435. The number of rotatable bonds is 13. The molecule has 0 aliphatic rings. The average molecular weight is 559 g/mol. The maximum absolute atomic E-state index is 5.81. The number of ether oxygens (including phenoxy) is 5. The minimum absolute atomic E-state index is 0. The van der Waals surface area contributed by atoms with Crippen LogP contribution in [0.3, 0.4) is 0 Å². The highest BCUT2D eigenvalue weighted by molar-refractivity contribution is 14.0. The zero-order valence-corrected chi connectivity index (χ0v) is 21.5. The molecule has 32 heavy (non-hydrogen) atoms. The maximum Gasteiger partial charge on any atom is 0.195 e. The standard InChI is InChI=1S/C23H33N3O5.HI/c1-24-23(26-18-8-5-9-19(14-18)30-13-7-11-27-2)25-10-6-12-31-22-16-20(28-3)15-21(17-22)29-4;/h5,8-9,14-17H,6-7,10-13H2,1-4H3,(H2,24,25,26);1H. The van der Waals surface area contributed by atoms with Gasteiger partial charge in [0, 0.05) is 63.7 Å². The van der Waals surface area contributed by atoms with E-state index >= 15 is 0 Å². The molecule has 2 aromatic rings. The number of nitrogens with one attached hydrogen (secondary N) is 2. The van der Waals surface area contributed by atoms with Crippen LogP contribution in [-0.4, -0.2) is 60.7 Å². The first-order valence-electron chi connectivity index (χ1n) is 10.2. The number of benzene rings is 2. The van der Waals surface area contributed by atoms with Gasteiger partial charge in [-0.1, -0.05) is 6.07 Å². The van der Waals surface area contributed by atoms with Crippen molar-refractivity contribution in [2.75, 3.05) is 60.1 Å². The average Bonchev–Trinajstić information content (AvgIpc) is 2.80. The quantitative estimate of drug-likeness (QED) is 0.165. The van der Waals surface area contributed by atoms with E-state index in [-0.39, 0.29) is 24.0 Å². The van der Waals surface area contributed by atoms with Crippen LogP contribution in [0.25, 0.3) is 0 Å². The van der Waals surface area contributed by atoms with Crippen LogP contribution in [-0.2, 0) is 4.74 Å². The fourth-order valence-corrected chi connectivity index (χ4v) is 2.71. The van der Waals surface area contributed by atoms with Crippen molar-refractivity contribution in [3.05, 3.63) is 42.5 Å². The molecule has 2 rings (SSSR count). The van der Waals surface area contributed by atoms with Crippen molar-refractivity contribution in [3.8, 4) is 23.0 Å². The number of anilines is 1. The number of methoxy groups -OCH3 is 3. The number of nitrogens with zero attached hydrogens (tertiary/aromatic N) is 1. The summed E-state index contributed by atoms with van der Waals surface area (Å²) in [5, 5.41) is 6.55. The minimum Gasteiger partial charge on any atom is -0.496 e. The van der Waals surface area contributed by atoms with Gasteiger partial charge in [0.15, 0.2) is 5.96 Å². The van der Waals surface area contributed by atoms with Gasteiger partial charge in [0.1, 0.15) is 23.0 Å². The maximum atomic E-state index is 5.81. The van der Waals surface area contributed by atoms with E-state index in [9.17, 15) is 0 Å². The van der Waals surface area contributed by atoms with Crippen LogP contribution in [0.1, 0.15) is 12.8 Å². The summed E-state index contributed by atoms with van der Waals surface area (Å²) in [6, 6.07) is 13.3. The molecule has 0 aliphatic heterocycles. The van der Waals surface area contributed by atoms with Crippen LogP contribution in [0, 0.1) is 0 Å². The molecule has 0 aliphatic carbocycles. The Bertz CT molecular complexity index is 798. The fourth-order valence-electron chi connectivity index (χ4n) is 2.71. The molecule has 0 fully saturated rings. The molecule has 0 radical (unpaired) electrons. The summed E-state index contributed by atoms with van der Waals surface area (Å²) in [5.74, 6) is 3.59. The lowest BCUT2D eigenvalue weighted by atomic mass is 10.3. The van der Waals surface area contributed by atoms with E-state index in [1.807, 2.05) is 42.5 Å². The predicted octanol–water partition coefficient (Wildman–Crippen LogP) is 4.19. The van der Waals surface area contributed by atoms with Crippen molar-refractivity contribution < 1.29 is 23.7 Å². The summed E-state index contributed by atoms with van der Waals surface area (Å²) < 4.78 is 27.1. The van der Waals surface area contributed by atoms with Gasteiger partial charge in [-0.15, -0.1) is 24.0 Å². The summed E-state index contributed by atoms with van der Waals surface area (Å²) in [4.78, 5) is 4.26. The monoisotopic (exact) mass is 559 g/mol. The molecule has 0 saturated heterocycles. The van der Waals surface area contributed by atoms with Crippen molar-refractivity contribution in [1.82, 2.24) is 5.32 Å². The van der Waals surface area contributed by atoms with Crippen molar-refractivity contribution in [2.24, 2.45) is 4.99 Å². The van der Waals surface area contributed by atoms with Crippen LogP contribution in [0.2, 0.25) is 0 Å². The van der Waals surface area contributed by atoms with Crippen LogP contribution in [0.15, 0.2) is 47.5 Å². The molecule has 2 aromatic carbocycles. The molecule has 0 bridgehead atoms. The van der Waals surface area contributed by atoms with Crippen LogP contribution < -0.4 is 29.6 Å². The SMILES string of the molecule is CN=C(NCCCOc1cc(OC)cc(OC)c1)Nc1cccc(OCCCOC)c1.I. The molecule has 0 unspecified atom stereocenters. The zero-order valence-electron chi connectivity index (χ0n) is 19.2. The van der Waals surface area contributed by atoms with Gasteiger partial charge in [-0.3, -0.25) is 4.99 Å². The highest BCUT2D eigenvalue weighted by atomic mass is 127. The van der Waals surface area contributed by atoms with E-state index in [2.05, 4.69) is 15.6 Å². The van der Waals surface area contributed by atoms with E-state index in [0.29, 0.717) is 49.6 Å². The van der Waals surface area contributed by atoms with Crippen molar-refractivity contribution in [1.29, 1.82) is 0 Å². The van der Waals surface area contributed by atoms with E-state index < -0.39 is 0 Å². The molecule has 0 heterocycles. The Labute approximate surface area is 207 Å². The second-order valence-corrected chi connectivity index (χ2v) is 6.60. The van der Waals surface area contributed by atoms with Crippen LogP contribution >= 0.6 is 24.0 Å². The first-order valence-corrected chi connectivity index (χ1v) is 10.2. The third kappa shape index (κ3) is 10.3. The normalized spacial score (nSPS) is 10.7. The lowest BCUT2D eigenvalue weighted by Gasteiger charge is -2.14. The molecule has 0 atom stereocenters. The molecule has 0 spiro atoms. The Balaban J connectivity index is 0.00000512. The Morgan fingerprint density at radius 2 is 1.47 bits per heavy atom. The second-order valence-electron chi connectivity index (χ2n) is 6.60. The molecule has 178 valence electrons. The van der Waals surface area contributed by atoms with Gasteiger partial charge in [0.25, 0.3) is 0 Å². The summed E-state index contributed by atoms with van der Waals surface area (Å²) in [5.41, 5.74) is 0.900. The van der Waals surface area contributed by atoms with Crippen LogP contribution in [0.5, 0.6) is 23.0 Å². The lowest BCUT2D eigenvalue weighted by Crippen LogP contribution is -2.32. The van der Waals surface area contributed by atoms with Gasteiger partial charge >= 0.3 is 0 Å². The van der Waals surface area contributed by atoms with E-state index in [4.69, 9.17) is 23.7 Å². The van der Waals surface area contributed by atoms with E-state index in [0.717, 1.165) is 24.3 Å². The molecular weight excluding hydrogens is 525 g/mol. The Kier molecular flexibility index (Phi) is 14.0. The number of guanidine groups is 1. The molecule has 8 nitrogen and oxygen atoms in total. The molecule has 0 aromatic heterocycles. The molecule has 0 amide bonds. The van der Waals surface area contributed by atoms with Gasteiger partial charge in [0.2, 0.25) is 0 Å². The van der Waals surface area contributed by atoms with E-state index in [1.54, 1.807) is 28.4 Å². The van der Waals surface area contributed by atoms with Gasteiger partial charge in [-0.25, -0.2) is 0 Å². The van der Waals surface area contributed by atoms with Gasteiger partial charge in [0.05, 0.1) is 27.4 Å². The number of hydrogen-bond donors (Lipinski definition) is 2. The second kappa shape index (κ2) is 16.3. The third-order valence-corrected chi connectivity index (χ3v) is 4.29. The summed E-state index contributed by atoms with van der Waals surface area (Å²) >= 11 is 0. The molecular formula is C23H34IN3O5. The largest absolute Gasteiger partial charge is 0.496 e. The highest BCUT2D eigenvalue weighted by Gasteiger charge is 2.04. The van der Waals surface area contributed by atoms with Crippen LogP contribution in [0.4, 0.5) is 5.69 Å². The van der Waals surface area contributed by atoms with E-state index in [1.165, 1.54) is 0 Å². The highest BCUT2D eigenvalue weighted by Crippen LogP contribution is 2.27. The minimum atomic E-state index is 0. The molecule has 0 saturated carbocycles. The van der Waals surface area contributed by atoms with Crippen molar-refractivity contribution in [3.63, 3.8) is 0 Å². The Morgan fingerprint density at radius 1 is 0.812 bits per heavy atom. The van der Waals surface area contributed by atoms with Gasteiger partial charge in [-0.2, -0.15) is 0 Å². The predicted molar refractivity (Wildman–Crippen MR) is 138 cm³/mol. The summed E-state index contributed by atoms with van der Waals surface area (Å²) in [6.45, 7) is 2.55. The van der Waals surface area contributed by atoms with Gasteiger partial charge in [-0.05, 0) is 18.6 Å². The summed E-state index contributed by atoms with van der Waals surface area (Å²) in [7, 11) is 6.65. The zero-order chi connectivity index (χ0) is 22.3. The first-order chi connectivity index (χ1) is 15.2. The molecule has 2 N–H and O–H groups in total. The summed E-state index contributed by atoms with van der Waals surface area (Å²) in [6.07, 6.45) is 1.64. The van der Waals surface area contributed by atoms with Gasteiger partial charge < -0.3 is 34.3 Å². The van der Waals surface area contributed by atoms with Crippen molar-refractivity contribution >= 4 is 35.6 Å². The van der Waals surface area contributed by atoms with Crippen molar-refractivity contribution in [2.45, 2.75) is 12.8 Å². The smallest absolute Gasteiger partial charge is 0.195 e. The third-order valence-electron chi connectivity index (χ3n) is 4.29. The number of hydrogen-bond acceptors (Lipinski definition) is 6. The number of aliphatic imine (C=N–C) groups is 1. The topological polar surface area (TPSA) is 82.6 Å². The first kappa shape index (κ1) is 27.6. The molecule has 9 heteroatoms. The Hall–Kier alpha value is -2.40. The number of halogens is 1. The Morgan fingerprint density at radius 3 is 2.12 bits per heavy atom. The lowest BCUT2D eigenvalue weighted by molar-refractivity contribution is 0.172.